The van der Waals surface area contributed by atoms with E-state index in [9.17, 15) is 0 Å². The highest BCUT2D eigenvalue weighted by Gasteiger charge is 2.03. The van der Waals surface area contributed by atoms with Gasteiger partial charge in [-0.3, -0.25) is 9.98 Å². The molecule has 12 heavy (non-hydrogen) atoms. The molecule has 2 heterocycles. The summed E-state index contributed by atoms with van der Waals surface area (Å²) in [4.78, 5) is 14.1. The van der Waals surface area contributed by atoms with Gasteiger partial charge in [0, 0.05) is 31.0 Å². The third-order valence-electron chi connectivity index (χ3n) is 1.56. The number of hydrogen-bond acceptors (Lipinski definition) is 4. The predicted molar refractivity (Wildman–Crippen MR) is 47.0 cm³/mol. The standard InChI is InChI=1S/C8H8N4/c1-2-11-8(7-10-1)12-5-3-9-4-6-12/h1-5,7H,6H2. The van der Waals surface area contributed by atoms with Gasteiger partial charge < -0.3 is 4.90 Å². The number of aliphatic imine (C=N–C) groups is 1. The van der Waals surface area contributed by atoms with Crippen molar-refractivity contribution in [3.63, 3.8) is 0 Å². The first kappa shape index (κ1) is 6.97. The fourth-order valence-corrected chi connectivity index (χ4v) is 0.985. The Morgan fingerprint density at radius 3 is 3.00 bits per heavy atom. The lowest BCUT2D eigenvalue weighted by atomic mass is 10.5. The van der Waals surface area contributed by atoms with E-state index in [4.69, 9.17) is 0 Å². The van der Waals surface area contributed by atoms with Crippen LogP contribution in [0.4, 0.5) is 5.82 Å². The summed E-state index contributed by atoms with van der Waals surface area (Å²) in [7, 11) is 0. The lowest BCUT2D eigenvalue weighted by molar-refractivity contribution is 1.03. The van der Waals surface area contributed by atoms with E-state index in [1.54, 1.807) is 24.8 Å². The molecule has 4 heteroatoms. The first-order chi connectivity index (χ1) is 5.97. The van der Waals surface area contributed by atoms with Crippen molar-refractivity contribution in [2.24, 2.45) is 4.99 Å². The van der Waals surface area contributed by atoms with Crippen molar-refractivity contribution < 1.29 is 0 Å². The molecule has 0 saturated heterocycles. The van der Waals surface area contributed by atoms with Gasteiger partial charge in [0.25, 0.3) is 0 Å². The highest BCUT2D eigenvalue weighted by molar-refractivity contribution is 5.68. The number of hydrogen-bond donors (Lipinski definition) is 0. The van der Waals surface area contributed by atoms with Gasteiger partial charge in [-0.25, -0.2) is 4.98 Å². The van der Waals surface area contributed by atoms with Crippen molar-refractivity contribution in [1.29, 1.82) is 0 Å². The average Bonchev–Trinajstić information content (AvgIpc) is 2.21. The van der Waals surface area contributed by atoms with Crippen LogP contribution in [0, 0.1) is 0 Å². The summed E-state index contributed by atoms with van der Waals surface area (Å²) in [5.74, 6) is 0.847. The van der Waals surface area contributed by atoms with Crippen LogP contribution >= 0.6 is 0 Å². The minimum atomic E-state index is 0.759. The zero-order chi connectivity index (χ0) is 8.23. The molecule has 0 saturated carbocycles. The summed E-state index contributed by atoms with van der Waals surface area (Å²) >= 11 is 0. The quantitative estimate of drug-likeness (QED) is 0.611. The Hall–Kier alpha value is -1.71. The Bertz CT molecular complexity index is 304. The average molecular weight is 160 g/mol. The minimum Gasteiger partial charge on any atom is -0.325 e. The van der Waals surface area contributed by atoms with Gasteiger partial charge in [-0.1, -0.05) is 0 Å². The molecule has 1 aliphatic heterocycles. The van der Waals surface area contributed by atoms with E-state index in [1.165, 1.54) is 0 Å². The molecule has 0 atom stereocenters. The van der Waals surface area contributed by atoms with Gasteiger partial charge in [-0.15, -0.1) is 0 Å². The molecular formula is C8H8N4. The second-order valence-corrected chi connectivity index (χ2v) is 2.35. The van der Waals surface area contributed by atoms with Crippen LogP contribution in [0.5, 0.6) is 0 Å². The van der Waals surface area contributed by atoms with Crippen molar-refractivity contribution in [2.75, 3.05) is 11.4 Å². The van der Waals surface area contributed by atoms with Crippen molar-refractivity contribution in [2.45, 2.75) is 0 Å². The van der Waals surface area contributed by atoms with Crippen molar-refractivity contribution >= 4 is 12.0 Å². The Balaban J connectivity index is 2.21. The first-order valence-electron chi connectivity index (χ1n) is 3.68. The molecule has 0 amide bonds. The van der Waals surface area contributed by atoms with Crippen molar-refractivity contribution in [3.05, 3.63) is 31.0 Å². The zero-order valence-corrected chi connectivity index (χ0v) is 6.46. The molecule has 1 aromatic heterocycles. The third kappa shape index (κ3) is 1.32. The molecular weight excluding hydrogens is 152 g/mol. The monoisotopic (exact) mass is 160 g/mol. The van der Waals surface area contributed by atoms with Gasteiger partial charge in [0.15, 0.2) is 5.82 Å². The van der Waals surface area contributed by atoms with E-state index < -0.39 is 0 Å². The van der Waals surface area contributed by atoms with Crippen LogP contribution in [0.1, 0.15) is 0 Å². The molecule has 0 fully saturated rings. The summed E-state index contributed by atoms with van der Waals surface area (Å²) in [6.07, 6.45) is 10.5. The smallest absolute Gasteiger partial charge is 0.151 e. The molecule has 0 N–H and O–H groups in total. The highest BCUT2D eigenvalue weighted by atomic mass is 15.2. The SMILES string of the molecule is C1=CN(c2cnccn2)CC=N1. The summed E-state index contributed by atoms with van der Waals surface area (Å²) < 4.78 is 0. The Morgan fingerprint density at radius 1 is 1.33 bits per heavy atom. The van der Waals surface area contributed by atoms with Crippen LogP contribution in [0.3, 0.4) is 0 Å². The van der Waals surface area contributed by atoms with Gasteiger partial charge >= 0.3 is 0 Å². The molecule has 1 aromatic rings. The third-order valence-corrected chi connectivity index (χ3v) is 1.56. The lowest BCUT2D eigenvalue weighted by Crippen LogP contribution is -2.21. The zero-order valence-electron chi connectivity index (χ0n) is 6.46. The minimum absolute atomic E-state index is 0.759. The maximum Gasteiger partial charge on any atom is 0.151 e. The van der Waals surface area contributed by atoms with Crippen LogP contribution in [0.15, 0.2) is 36.0 Å². The molecule has 4 nitrogen and oxygen atoms in total. The molecule has 0 radical (unpaired) electrons. The number of anilines is 1. The summed E-state index contributed by atoms with van der Waals surface area (Å²) in [5.41, 5.74) is 0. The predicted octanol–water partition coefficient (Wildman–Crippen LogP) is 0.839. The van der Waals surface area contributed by atoms with Crippen LogP contribution in [-0.2, 0) is 0 Å². The Labute approximate surface area is 70.3 Å². The number of rotatable bonds is 1. The van der Waals surface area contributed by atoms with Crippen molar-refractivity contribution in [3.8, 4) is 0 Å². The Morgan fingerprint density at radius 2 is 2.33 bits per heavy atom. The van der Waals surface area contributed by atoms with E-state index in [0.717, 1.165) is 12.4 Å². The highest BCUT2D eigenvalue weighted by Crippen LogP contribution is 2.08. The first-order valence-corrected chi connectivity index (χ1v) is 3.68. The molecule has 60 valence electrons. The van der Waals surface area contributed by atoms with Gasteiger partial charge in [-0.2, -0.15) is 0 Å². The largest absolute Gasteiger partial charge is 0.325 e. The van der Waals surface area contributed by atoms with E-state index in [2.05, 4.69) is 15.0 Å². The molecule has 1 aliphatic rings. The van der Waals surface area contributed by atoms with Crippen molar-refractivity contribution in [1.82, 2.24) is 9.97 Å². The van der Waals surface area contributed by atoms with Crippen LogP contribution < -0.4 is 4.90 Å². The second-order valence-electron chi connectivity index (χ2n) is 2.35. The van der Waals surface area contributed by atoms with E-state index >= 15 is 0 Å². The maximum absolute atomic E-state index is 4.15. The summed E-state index contributed by atoms with van der Waals surface area (Å²) in [5, 5.41) is 0. The fourth-order valence-electron chi connectivity index (χ4n) is 0.985. The van der Waals surface area contributed by atoms with Crippen LogP contribution in [0.2, 0.25) is 0 Å². The number of nitrogens with zero attached hydrogens (tertiary/aromatic N) is 4. The maximum atomic E-state index is 4.15. The molecule has 2 rings (SSSR count). The molecule has 0 spiro atoms. The Kier molecular flexibility index (Phi) is 1.82. The van der Waals surface area contributed by atoms with Gasteiger partial charge in [0.2, 0.25) is 0 Å². The second kappa shape index (κ2) is 3.13. The van der Waals surface area contributed by atoms with Gasteiger partial charge in [0.05, 0.1) is 12.7 Å². The summed E-state index contributed by atoms with van der Waals surface area (Å²) in [6.45, 7) is 0.759. The topological polar surface area (TPSA) is 41.4 Å². The fraction of sp³-hybridized carbons (Fsp3) is 0.125. The lowest BCUT2D eigenvalue weighted by Gasteiger charge is -2.17. The van der Waals surface area contributed by atoms with Gasteiger partial charge in [-0.05, 0) is 0 Å². The van der Waals surface area contributed by atoms with E-state index in [0.29, 0.717) is 0 Å². The molecule has 0 aromatic carbocycles. The van der Waals surface area contributed by atoms with E-state index in [-0.39, 0.29) is 0 Å². The van der Waals surface area contributed by atoms with Crippen LogP contribution in [-0.4, -0.2) is 22.7 Å². The molecule has 0 bridgehead atoms. The van der Waals surface area contributed by atoms with Gasteiger partial charge in [0.1, 0.15) is 0 Å². The van der Waals surface area contributed by atoms with Crippen LogP contribution in [0.25, 0.3) is 0 Å². The summed E-state index contributed by atoms with van der Waals surface area (Å²) in [6, 6.07) is 0. The van der Waals surface area contributed by atoms with E-state index in [1.807, 2.05) is 17.3 Å². The molecule has 0 unspecified atom stereocenters. The number of aromatic nitrogens is 2. The molecule has 0 aliphatic carbocycles. The normalized spacial score (nSPS) is 15.2.